The lowest BCUT2D eigenvalue weighted by Gasteiger charge is -2.11. The third-order valence-electron chi connectivity index (χ3n) is 3.78. The molecule has 23 heavy (non-hydrogen) atoms. The van der Waals surface area contributed by atoms with Gasteiger partial charge in [-0.25, -0.2) is 4.99 Å². The topological polar surface area (TPSA) is 39.4 Å². The Hall–Kier alpha value is -2.31. The molecule has 0 aromatic heterocycles. The fraction of sp³-hybridized carbons (Fsp3) is 0.263. The van der Waals surface area contributed by atoms with Crippen LogP contribution in [0, 0.1) is 18.3 Å². The molecule has 0 saturated carbocycles. The number of nitrogens with zero attached hydrogens (tertiary/aromatic N) is 3. The molecule has 4 heteroatoms. The largest absolute Gasteiger partial charge is 0.366 e. The smallest absolute Gasteiger partial charge is 0.0991 e. The van der Waals surface area contributed by atoms with Crippen molar-refractivity contribution in [1.29, 1.82) is 5.26 Å². The fourth-order valence-corrected chi connectivity index (χ4v) is 2.39. The first-order valence-electron chi connectivity index (χ1n) is 7.56. The van der Waals surface area contributed by atoms with Crippen molar-refractivity contribution < 1.29 is 0 Å². The molecule has 0 radical (unpaired) electrons. The van der Waals surface area contributed by atoms with Crippen molar-refractivity contribution in [3.8, 4) is 6.07 Å². The molecule has 0 amide bonds. The third-order valence-corrected chi connectivity index (χ3v) is 4.08. The van der Waals surface area contributed by atoms with Crippen molar-refractivity contribution in [3.63, 3.8) is 0 Å². The van der Waals surface area contributed by atoms with Gasteiger partial charge in [0.05, 0.1) is 28.7 Å². The number of benzene rings is 2. The highest BCUT2D eigenvalue weighted by atomic mass is 35.5. The van der Waals surface area contributed by atoms with Gasteiger partial charge in [-0.05, 0) is 61.2 Å². The molecule has 3 nitrogen and oxygen atoms in total. The van der Waals surface area contributed by atoms with Gasteiger partial charge in [0.1, 0.15) is 0 Å². The first-order valence-corrected chi connectivity index (χ1v) is 7.93. The first-order chi connectivity index (χ1) is 11.0. The van der Waals surface area contributed by atoms with E-state index in [-0.39, 0.29) is 0 Å². The second-order valence-electron chi connectivity index (χ2n) is 5.53. The van der Waals surface area contributed by atoms with Gasteiger partial charge in [-0.1, -0.05) is 23.7 Å². The van der Waals surface area contributed by atoms with Crippen molar-refractivity contribution in [2.75, 3.05) is 13.6 Å². The van der Waals surface area contributed by atoms with Crippen LogP contribution >= 0.6 is 11.6 Å². The van der Waals surface area contributed by atoms with Crippen LogP contribution < -0.4 is 0 Å². The van der Waals surface area contributed by atoms with E-state index in [4.69, 9.17) is 16.9 Å². The molecule has 0 bridgehead atoms. The molecule has 0 fully saturated rings. The molecule has 0 aliphatic rings. The minimum Gasteiger partial charge on any atom is -0.366 e. The lowest BCUT2D eigenvalue weighted by molar-refractivity contribution is 0.552. The molecular weight excluding hydrogens is 306 g/mol. The minimum absolute atomic E-state index is 0.653. The molecule has 2 aromatic carbocycles. The molecule has 0 aliphatic carbocycles. The molecule has 0 heterocycles. The summed E-state index contributed by atoms with van der Waals surface area (Å²) in [6.07, 6.45) is 2.58. The number of hydrogen-bond donors (Lipinski definition) is 0. The van der Waals surface area contributed by atoms with E-state index in [0.29, 0.717) is 10.6 Å². The van der Waals surface area contributed by atoms with E-state index in [2.05, 4.69) is 24.9 Å². The van der Waals surface area contributed by atoms with Gasteiger partial charge in [-0.2, -0.15) is 5.26 Å². The maximum absolute atomic E-state index is 8.85. The molecule has 0 aliphatic heterocycles. The summed E-state index contributed by atoms with van der Waals surface area (Å²) in [6, 6.07) is 13.8. The lowest BCUT2D eigenvalue weighted by Crippen LogP contribution is -2.14. The summed E-state index contributed by atoms with van der Waals surface area (Å²) in [5.74, 6) is 0. The van der Waals surface area contributed by atoms with Crippen LogP contribution in [-0.4, -0.2) is 24.8 Å². The Kier molecular flexibility index (Phi) is 5.78. The average molecular weight is 326 g/mol. The normalized spacial score (nSPS) is 10.7. The maximum Gasteiger partial charge on any atom is 0.0991 e. The van der Waals surface area contributed by atoms with Gasteiger partial charge < -0.3 is 4.90 Å². The lowest BCUT2D eigenvalue weighted by atomic mass is 9.99. The zero-order chi connectivity index (χ0) is 16.8. The van der Waals surface area contributed by atoms with Gasteiger partial charge in [-0.3, -0.25) is 0 Å². The molecule has 0 N–H and O–H groups in total. The Labute approximate surface area is 142 Å². The van der Waals surface area contributed by atoms with Gasteiger partial charge in [0, 0.05) is 13.6 Å². The van der Waals surface area contributed by atoms with Gasteiger partial charge in [0.25, 0.3) is 0 Å². The Morgan fingerprint density at radius 3 is 2.57 bits per heavy atom. The van der Waals surface area contributed by atoms with Crippen molar-refractivity contribution in [2.24, 2.45) is 4.99 Å². The molecule has 0 saturated heterocycles. The van der Waals surface area contributed by atoms with E-state index < -0.39 is 0 Å². The van der Waals surface area contributed by atoms with E-state index in [9.17, 15) is 0 Å². The van der Waals surface area contributed by atoms with Crippen LogP contribution in [0.4, 0.5) is 5.69 Å². The Bertz CT molecular complexity index is 742. The average Bonchev–Trinajstić information content (AvgIpc) is 2.57. The molecule has 0 atom stereocenters. The standard InChI is InChI=1S/C19H20ClN3/c1-4-23(3)13-22-19-9-14(2)17(11-18(19)20)10-15-5-7-16(12-21)8-6-15/h5-9,11,13H,4,10H2,1-3H3/b22-13-. The quantitative estimate of drug-likeness (QED) is 0.589. The number of hydrogen-bond acceptors (Lipinski definition) is 2. The summed E-state index contributed by atoms with van der Waals surface area (Å²) in [5.41, 5.74) is 4.94. The van der Waals surface area contributed by atoms with Crippen LogP contribution in [-0.2, 0) is 6.42 Å². The SMILES string of the molecule is CCN(C)/C=N\c1cc(C)c(Cc2ccc(C#N)cc2)cc1Cl. The van der Waals surface area contributed by atoms with E-state index in [1.54, 1.807) is 6.34 Å². The summed E-state index contributed by atoms with van der Waals surface area (Å²) in [4.78, 5) is 6.44. The van der Waals surface area contributed by atoms with Crippen molar-refractivity contribution in [2.45, 2.75) is 20.3 Å². The first kappa shape index (κ1) is 17.1. The van der Waals surface area contributed by atoms with Crippen LogP contribution in [0.1, 0.15) is 29.2 Å². The summed E-state index contributed by atoms with van der Waals surface area (Å²) in [6.45, 7) is 5.04. The molecule has 0 spiro atoms. The summed E-state index contributed by atoms with van der Waals surface area (Å²) in [7, 11) is 1.98. The highest BCUT2D eigenvalue weighted by molar-refractivity contribution is 6.33. The van der Waals surface area contributed by atoms with Crippen LogP contribution in [0.2, 0.25) is 5.02 Å². The van der Waals surface area contributed by atoms with Gasteiger partial charge in [-0.15, -0.1) is 0 Å². The Balaban J connectivity index is 2.22. The van der Waals surface area contributed by atoms with Crippen LogP contribution in [0.3, 0.4) is 0 Å². The summed E-state index contributed by atoms with van der Waals surface area (Å²) < 4.78 is 0. The van der Waals surface area contributed by atoms with E-state index >= 15 is 0 Å². The van der Waals surface area contributed by atoms with Gasteiger partial charge >= 0.3 is 0 Å². The van der Waals surface area contributed by atoms with Gasteiger partial charge in [0.15, 0.2) is 0 Å². The molecule has 2 aromatic rings. The third kappa shape index (κ3) is 4.58. The molecular formula is C19H20ClN3. The molecule has 2 rings (SSSR count). The number of rotatable bonds is 5. The number of aliphatic imine (C=N–C) groups is 1. The van der Waals surface area contributed by atoms with Crippen LogP contribution in [0.25, 0.3) is 0 Å². The van der Waals surface area contributed by atoms with E-state index in [1.165, 1.54) is 5.56 Å². The maximum atomic E-state index is 8.85. The zero-order valence-corrected chi connectivity index (χ0v) is 14.4. The highest BCUT2D eigenvalue weighted by Gasteiger charge is 2.06. The number of halogens is 1. The van der Waals surface area contributed by atoms with Crippen LogP contribution in [0.5, 0.6) is 0 Å². The molecule has 118 valence electrons. The zero-order valence-electron chi connectivity index (χ0n) is 13.7. The second-order valence-corrected chi connectivity index (χ2v) is 5.94. The van der Waals surface area contributed by atoms with Gasteiger partial charge in [0.2, 0.25) is 0 Å². The summed E-state index contributed by atoms with van der Waals surface area (Å²) in [5, 5.41) is 9.51. The Morgan fingerprint density at radius 2 is 1.96 bits per heavy atom. The molecule has 0 unspecified atom stereocenters. The predicted molar refractivity (Wildman–Crippen MR) is 96.6 cm³/mol. The number of nitriles is 1. The number of aryl methyl sites for hydroxylation is 1. The van der Waals surface area contributed by atoms with Crippen molar-refractivity contribution in [3.05, 3.63) is 63.7 Å². The van der Waals surface area contributed by atoms with E-state index in [1.807, 2.05) is 48.3 Å². The Morgan fingerprint density at radius 1 is 1.26 bits per heavy atom. The van der Waals surface area contributed by atoms with E-state index in [0.717, 1.165) is 29.8 Å². The van der Waals surface area contributed by atoms with Crippen LogP contribution in [0.15, 0.2) is 41.4 Å². The van der Waals surface area contributed by atoms with Crippen molar-refractivity contribution in [1.82, 2.24) is 4.90 Å². The second kappa shape index (κ2) is 7.80. The monoisotopic (exact) mass is 325 g/mol. The van der Waals surface area contributed by atoms with Crippen molar-refractivity contribution >= 4 is 23.6 Å². The summed E-state index contributed by atoms with van der Waals surface area (Å²) >= 11 is 6.37. The minimum atomic E-state index is 0.653. The highest BCUT2D eigenvalue weighted by Crippen LogP contribution is 2.29. The fourth-order valence-electron chi connectivity index (χ4n) is 2.16. The predicted octanol–water partition coefficient (Wildman–Crippen LogP) is 4.72.